The van der Waals surface area contributed by atoms with Crippen LogP contribution < -0.4 is 0 Å². The molecular weight excluding hydrogens is 322 g/mol. The Morgan fingerprint density at radius 1 is 1.08 bits per heavy atom. The van der Waals surface area contributed by atoms with Crippen molar-refractivity contribution in [3.8, 4) is 0 Å². The molecule has 1 N–H and O–H groups in total. The normalized spacial score (nSPS) is 22.8. The van der Waals surface area contributed by atoms with Gasteiger partial charge in [-0.15, -0.1) is 0 Å². The van der Waals surface area contributed by atoms with Crippen molar-refractivity contribution in [1.82, 2.24) is 24.9 Å². The maximum atomic E-state index is 4.29. The SMILES string of the molecule is c1cnn(Cc2ccc(CN3CCCC4(CCc5cn[nH]c54)C3)cc2)c1. The lowest BCUT2D eigenvalue weighted by Gasteiger charge is -2.40. The van der Waals surface area contributed by atoms with E-state index in [9.17, 15) is 0 Å². The molecule has 5 nitrogen and oxygen atoms in total. The summed E-state index contributed by atoms with van der Waals surface area (Å²) in [6.07, 6.45) is 10.9. The largest absolute Gasteiger partial charge is 0.298 e. The standard InChI is InChI=1S/C21H25N5/c1-8-21(9-7-19-13-22-24-20(19)21)16-25(11-1)14-17-3-5-18(6-4-17)15-26-12-2-10-23-26/h2-6,10,12-13H,1,7-9,11,14-16H2,(H,22,24). The molecule has 3 aromatic rings. The van der Waals surface area contributed by atoms with Crippen LogP contribution in [0.5, 0.6) is 0 Å². The van der Waals surface area contributed by atoms with Crippen LogP contribution in [0.25, 0.3) is 0 Å². The number of likely N-dealkylation sites (tertiary alicyclic amines) is 1. The van der Waals surface area contributed by atoms with Crippen molar-refractivity contribution < 1.29 is 0 Å². The third kappa shape index (κ3) is 2.86. The highest BCUT2D eigenvalue weighted by Crippen LogP contribution is 2.44. The van der Waals surface area contributed by atoms with Crippen LogP contribution >= 0.6 is 0 Å². The second-order valence-corrected chi connectivity index (χ2v) is 7.88. The van der Waals surface area contributed by atoms with Crippen molar-refractivity contribution in [2.45, 2.75) is 44.2 Å². The van der Waals surface area contributed by atoms with Gasteiger partial charge in [-0.3, -0.25) is 14.7 Å². The van der Waals surface area contributed by atoms with E-state index in [0.717, 1.165) is 19.6 Å². The first kappa shape index (κ1) is 15.8. The Labute approximate surface area is 154 Å². The number of piperidine rings is 1. The lowest BCUT2D eigenvalue weighted by atomic mass is 9.77. The van der Waals surface area contributed by atoms with Crippen molar-refractivity contribution in [2.24, 2.45) is 0 Å². The number of rotatable bonds is 4. The summed E-state index contributed by atoms with van der Waals surface area (Å²) in [6, 6.07) is 11.0. The molecule has 134 valence electrons. The summed E-state index contributed by atoms with van der Waals surface area (Å²) in [5.41, 5.74) is 5.86. The topological polar surface area (TPSA) is 49.7 Å². The van der Waals surface area contributed by atoms with E-state index in [1.807, 2.05) is 29.3 Å². The second-order valence-electron chi connectivity index (χ2n) is 7.88. The average Bonchev–Trinajstić information content (AvgIpc) is 3.38. The fourth-order valence-corrected chi connectivity index (χ4v) is 4.82. The molecule has 1 spiro atoms. The number of hydrogen-bond donors (Lipinski definition) is 1. The van der Waals surface area contributed by atoms with Crippen molar-refractivity contribution >= 4 is 0 Å². The van der Waals surface area contributed by atoms with Crippen LogP contribution in [0.3, 0.4) is 0 Å². The summed E-state index contributed by atoms with van der Waals surface area (Å²) in [5, 5.41) is 11.9. The number of nitrogens with zero attached hydrogens (tertiary/aromatic N) is 4. The van der Waals surface area contributed by atoms with Gasteiger partial charge in [-0.25, -0.2) is 0 Å². The van der Waals surface area contributed by atoms with Gasteiger partial charge in [-0.05, 0) is 55.0 Å². The van der Waals surface area contributed by atoms with E-state index in [1.165, 1.54) is 54.6 Å². The number of aryl methyl sites for hydroxylation is 1. The maximum absolute atomic E-state index is 4.29. The first-order valence-electron chi connectivity index (χ1n) is 9.61. The summed E-state index contributed by atoms with van der Waals surface area (Å²) in [7, 11) is 0. The van der Waals surface area contributed by atoms with E-state index in [0.29, 0.717) is 5.41 Å². The van der Waals surface area contributed by atoms with Gasteiger partial charge >= 0.3 is 0 Å². The predicted octanol–water partition coefficient (Wildman–Crippen LogP) is 3.13. The Kier molecular flexibility index (Phi) is 3.89. The average molecular weight is 347 g/mol. The molecule has 0 radical (unpaired) electrons. The Bertz CT molecular complexity index is 864. The third-order valence-corrected chi connectivity index (χ3v) is 6.11. The van der Waals surface area contributed by atoms with Gasteiger partial charge in [0.05, 0.1) is 12.7 Å². The lowest BCUT2D eigenvalue weighted by Crippen LogP contribution is -2.44. The van der Waals surface area contributed by atoms with Crippen molar-refractivity contribution in [2.75, 3.05) is 13.1 Å². The van der Waals surface area contributed by atoms with Crippen LogP contribution in [0.1, 0.15) is 41.6 Å². The second kappa shape index (κ2) is 6.40. The number of aromatic nitrogens is 4. The van der Waals surface area contributed by atoms with Gasteiger partial charge in [0.15, 0.2) is 0 Å². The molecule has 1 saturated heterocycles. The quantitative estimate of drug-likeness (QED) is 0.789. The number of benzene rings is 1. The van der Waals surface area contributed by atoms with Crippen LogP contribution in [-0.4, -0.2) is 38.0 Å². The first-order chi connectivity index (χ1) is 12.8. The molecule has 1 fully saturated rings. The molecule has 1 aromatic carbocycles. The Hall–Kier alpha value is -2.40. The Morgan fingerprint density at radius 3 is 2.73 bits per heavy atom. The number of fused-ring (bicyclic) bond motifs is 2. The van der Waals surface area contributed by atoms with Gasteiger partial charge in [0.1, 0.15) is 0 Å². The van der Waals surface area contributed by atoms with E-state index >= 15 is 0 Å². The Morgan fingerprint density at radius 2 is 1.92 bits per heavy atom. The molecule has 5 rings (SSSR count). The molecule has 1 aliphatic carbocycles. The Balaban J connectivity index is 1.26. The van der Waals surface area contributed by atoms with Crippen molar-refractivity contribution in [3.05, 3.63) is 71.3 Å². The van der Waals surface area contributed by atoms with Gasteiger partial charge in [-0.1, -0.05) is 24.3 Å². The molecule has 1 unspecified atom stereocenters. The van der Waals surface area contributed by atoms with Crippen molar-refractivity contribution in [1.29, 1.82) is 0 Å². The molecule has 26 heavy (non-hydrogen) atoms. The molecule has 0 saturated carbocycles. The molecule has 5 heteroatoms. The summed E-state index contributed by atoms with van der Waals surface area (Å²) in [5.74, 6) is 0. The number of hydrogen-bond acceptors (Lipinski definition) is 3. The zero-order valence-electron chi connectivity index (χ0n) is 15.1. The third-order valence-electron chi connectivity index (χ3n) is 6.11. The van der Waals surface area contributed by atoms with Crippen LogP contribution in [0.4, 0.5) is 0 Å². The zero-order chi connectivity index (χ0) is 17.4. The summed E-state index contributed by atoms with van der Waals surface area (Å²) < 4.78 is 1.96. The molecule has 0 amide bonds. The van der Waals surface area contributed by atoms with Gasteiger partial charge in [0.2, 0.25) is 0 Å². The highest BCUT2D eigenvalue weighted by molar-refractivity contribution is 5.33. The molecular formula is C21H25N5. The number of H-pyrrole nitrogens is 1. The van der Waals surface area contributed by atoms with Gasteiger partial charge in [-0.2, -0.15) is 10.2 Å². The molecule has 1 atom stereocenters. The molecule has 0 bridgehead atoms. The molecule has 2 aliphatic rings. The monoisotopic (exact) mass is 347 g/mol. The molecule has 3 heterocycles. The van der Waals surface area contributed by atoms with Crippen molar-refractivity contribution in [3.63, 3.8) is 0 Å². The van der Waals surface area contributed by atoms with Gasteiger partial charge in [0, 0.05) is 36.6 Å². The smallest absolute Gasteiger partial charge is 0.0659 e. The summed E-state index contributed by atoms with van der Waals surface area (Å²) in [4.78, 5) is 2.63. The predicted molar refractivity (Wildman–Crippen MR) is 101 cm³/mol. The van der Waals surface area contributed by atoms with E-state index < -0.39 is 0 Å². The minimum atomic E-state index is 0.310. The summed E-state index contributed by atoms with van der Waals surface area (Å²) in [6.45, 7) is 4.22. The van der Waals surface area contributed by atoms with E-state index in [1.54, 1.807) is 0 Å². The van der Waals surface area contributed by atoms with Crippen LogP contribution in [0.2, 0.25) is 0 Å². The highest BCUT2D eigenvalue weighted by atomic mass is 15.3. The van der Waals surface area contributed by atoms with Gasteiger partial charge in [0.25, 0.3) is 0 Å². The molecule has 1 aliphatic heterocycles. The fraction of sp³-hybridized carbons (Fsp3) is 0.429. The lowest BCUT2D eigenvalue weighted by molar-refractivity contribution is 0.136. The number of aromatic amines is 1. The number of nitrogens with one attached hydrogen (secondary N) is 1. The minimum Gasteiger partial charge on any atom is -0.298 e. The van der Waals surface area contributed by atoms with E-state index in [-0.39, 0.29) is 0 Å². The zero-order valence-corrected chi connectivity index (χ0v) is 15.1. The van der Waals surface area contributed by atoms with Crippen LogP contribution in [0.15, 0.2) is 48.9 Å². The van der Waals surface area contributed by atoms with E-state index in [2.05, 4.69) is 44.5 Å². The van der Waals surface area contributed by atoms with Crippen LogP contribution in [0, 0.1) is 0 Å². The summed E-state index contributed by atoms with van der Waals surface area (Å²) >= 11 is 0. The minimum absolute atomic E-state index is 0.310. The van der Waals surface area contributed by atoms with E-state index in [4.69, 9.17) is 0 Å². The maximum Gasteiger partial charge on any atom is 0.0659 e. The highest BCUT2D eigenvalue weighted by Gasteiger charge is 2.43. The van der Waals surface area contributed by atoms with Crippen LogP contribution in [-0.2, 0) is 24.9 Å². The first-order valence-corrected chi connectivity index (χ1v) is 9.61. The van der Waals surface area contributed by atoms with Gasteiger partial charge < -0.3 is 0 Å². The fourth-order valence-electron chi connectivity index (χ4n) is 4.82. The molecule has 2 aromatic heterocycles.